The highest BCUT2D eigenvalue weighted by Crippen LogP contribution is 2.43. The van der Waals surface area contributed by atoms with Crippen LogP contribution in [0.1, 0.15) is 48.7 Å². The summed E-state index contributed by atoms with van der Waals surface area (Å²) in [7, 11) is -1.47. The van der Waals surface area contributed by atoms with Gasteiger partial charge in [0.15, 0.2) is 17.5 Å². The SMILES string of the molecule is COc1ncnc(NS(=O)(=O)c2ccc(N=C3C(=O)N(CN4C(C)CN(c5c(F)c(N)c6c(=O)c(C(=O)O)cn(C7CC7)c6c5F)CC4C)c4ccccc43)cc2)c1OC. The van der Waals surface area contributed by atoms with Crippen molar-refractivity contribution in [1.82, 2.24) is 19.4 Å². The fourth-order valence-corrected chi connectivity index (χ4v) is 8.90. The molecule has 8 rings (SSSR count). The second kappa shape index (κ2) is 15.2. The number of ether oxygens (including phenoxy) is 2. The lowest BCUT2D eigenvalue weighted by Gasteiger charge is -2.46. The molecule has 5 aromatic rings. The molecule has 3 aromatic carbocycles. The van der Waals surface area contributed by atoms with Crippen molar-refractivity contribution in [1.29, 1.82) is 0 Å². The summed E-state index contributed by atoms with van der Waals surface area (Å²) in [6.07, 6.45) is 3.50. The number of amides is 1. The summed E-state index contributed by atoms with van der Waals surface area (Å²) in [4.78, 5) is 56.8. The van der Waals surface area contributed by atoms with Gasteiger partial charge in [-0.3, -0.25) is 24.1 Å². The number of aromatic carboxylic acids is 1. The van der Waals surface area contributed by atoms with Gasteiger partial charge < -0.3 is 29.8 Å². The second-order valence-corrected chi connectivity index (χ2v) is 16.4. The van der Waals surface area contributed by atoms with E-state index in [1.54, 1.807) is 29.2 Å². The van der Waals surface area contributed by atoms with Gasteiger partial charge in [-0.15, -0.1) is 0 Å². The van der Waals surface area contributed by atoms with Crippen LogP contribution < -0.4 is 35.2 Å². The van der Waals surface area contributed by atoms with E-state index in [4.69, 9.17) is 15.2 Å². The molecule has 0 bridgehead atoms. The van der Waals surface area contributed by atoms with E-state index in [0.717, 1.165) is 12.5 Å². The molecule has 1 amide bonds. The number of carbonyl (C=O) groups is 2. The number of rotatable bonds is 11. The number of methoxy groups -OCH3 is 2. The maximum atomic E-state index is 16.6. The Bertz CT molecular complexity index is 2790. The van der Waals surface area contributed by atoms with Crippen molar-refractivity contribution in [2.24, 2.45) is 4.99 Å². The Kier molecular flexibility index (Phi) is 10.1. The number of fused-ring (bicyclic) bond motifs is 2. The molecule has 2 fully saturated rings. The number of aromatic nitrogens is 3. The van der Waals surface area contributed by atoms with Gasteiger partial charge in [-0.1, -0.05) is 18.2 Å². The Hall–Kier alpha value is -6.67. The lowest BCUT2D eigenvalue weighted by atomic mass is 10.0. The van der Waals surface area contributed by atoms with Crippen molar-refractivity contribution in [2.75, 3.05) is 54.2 Å². The van der Waals surface area contributed by atoms with Gasteiger partial charge in [0, 0.05) is 43.0 Å². The number of nitrogen functional groups attached to an aromatic ring is 1. The van der Waals surface area contributed by atoms with Crippen LogP contribution in [-0.4, -0.2) is 96.6 Å². The number of sulfonamides is 1. The molecule has 1 saturated heterocycles. The smallest absolute Gasteiger partial charge is 0.341 e. The Morgan fingerprint density at radius 2 is 1.68 bits per heavy atom. The maximum Gasteiger partial charge on any atom is 0.341 e. The van der Waals surface area contributed by atoms with Crippen LogP contribution in [0.2, 0.25) is 0 Å². The lowest BCUT2D eigenvalue weighted by Crippen LogP contribution is -2.60. The van der Waals surface area contributed by atoms with Crippen molar-refractivity contribution in [3.05, 3.63) is 94.0 Å². The van der Waals surface area contributed by atoms with E-state index in [1.165, 1.54) is 48.0 Å². The van der Waals surface area contributed by atoms with Gasteiger partial charge in [0.1, 0.15) is 23.3 Å². The van der Waals surface area contributed by atoms with Crippen LogP contribution in [0.15, 0.2) is 75.7 Å². The van der Waals surface area contributed by atoms with Gasteiger partial charge >= 0.3 is 5.97 Å². The number of carbonyl (C=O) groups excluding carboxylic acids is 1. The van der Waals surface area contributed by atoms with Crippen LogP contribution in [0, 0.1) is 11.6 Å². The average Bonchev–Trinajstić information content (AvgIpc) is 4.03. The first-order chi connectivity index (χ1) is 28.6. The standard InChI is InChI=1S/C40H39F2N9O8S/c1-20-15-48(34-29(41)31(43)28-33(30(34)42)49(23-11-12-23)17-26(35(28)52)40(54)55)16-21(2)50(20)19-51-27-8-6-5-7-25(27)32(39(51)53)46-22-9-13-24(14-10-22)60(56,57)47-37-36(58-3)38(59-4)45-18-44-37/h5-10,13-14,17-18,20-21,23H,11-12,15-16,19,43H2,1-4H3,(H,54,55)(H,44,45,47). The molecule has 4 heterocycles. The Balaban J connectivity index is 1.04. The van der Waals surface area contributed by atoms with Crippen molar-refractivity contribution in [3.8, 4) is 11.6 Å². The molecular weight excluding hydrogens is 805 g/mol. The zero-order valence-electron chi connectivity index (χ0n) is 32.7. The molecule has 2 atom stereocenters. The minimum atomic E-state index is -4.15. The van der Waals surface area contributed by atoms with Crippen LogP contribution in [0.5, 0.6) is 11.6 Å². The summed E-state index contributed by atoms with van der Waals surface area (Å²) >= 11 is 0. The number of pyridine rings is 1. The van der Waals surface area contributed by atoms with Gasteiger partial charge in [0.05, 0.1) is 53.7 Å². The van der Waals surface area contributed by atoms with Gasteiger partial charge in [-0.25, -0.2) is 32.0 Å². The minimum Gasteiger partial charge on any atom is -0.489 e. The zero-order valence-corrected chi connectivity index (χ0v) is 33.5. The van der Waals surface area contributed by atoms with Crippen molar-refractivity contribution in [3.63, 3.8) is 0 Å². The third-order valence-electron chi connectivity index (χ3n) is 10.9. The first-order valence-electron chi connectivity index (χ1n) is 18.8. The number of nitrogens with zero attached hydrogens (tertiary/aromatic N) is 7. The monoisotopic (exact) mass is 843 g/mol. The van der Waals surface area contributed by atoms with Crippen molar-refractivity contribution >= 4 is 67.1 Å². The molecule has 1 aliphatic carbocycles. The molecule has 4 N–H and O–H groups in total. The van der Waals surface area contributed by atoms with Gasteiger partial charge in [-0.05, 0) is 57.0 Å². The molecule has 3 aliphatic rings. The highest BCUT2D eigenvalue weighted by atomic mass is 32.2. The zero-order chi connectivity index (χ0) is 42.8. The fraction of sp³-hybridized carbons (Fsp3) is 0.300. The van der Waals surface area contributed by atoms with E-state index in [1.807, 2.05) is 18.7 Å². The summed E-state index contributed by atoms with van der Waals surface area (Å²) in [5.41, 5.74) is 4.87. The van der Waals surface area contributed by atoms with Crippen LogP contribution in [0.4, 0.5) is 37.3 Å². The summed E-state index contributed by atoms with van der Waals surface area (Å²) in [6, 6.07) is 11.7. The van der Waals surface area contributed by atoms with E-state index < -0.39 is 61.3 Å². The van der Waals surface area contributed by atoms with Gasteiger partial charge in [-0.2, -0.15) is 4.98 Å². The van der Waals surface area contributed by atoms with Gasteiger partial charge in [0.25, 0.3) is 21.8 Å². The highest BCUT2D eigenvalue weighted by Gasteiger charge is 2.40. The van der Waals surface area contributed by atoms with Crippen LogP contribution >= 0.6 is 0 Å². The van der Waals surface area contributed by atoms with E-state index in [9.17, 15) is 27.9 Å². The molecular formula is C40H39F2N9O8S. The fourth-order valence-electron chi connectivity index (χ4n) is 7.89. The van der Waals surface area contributed by atoms with E-state index >= 15 is 8.78 Å². The third-order valence-corrected chi connectivity index (χ3v) is 12.3. The number of halogens is 2. The Morgan fingerprint density at radius 1 is 1.00 bits per heavy atom. The molecule has 20 heteroatoms. The molecule has 2 aliphatic heterocycles. The molecule has 1 saturated carbocycles. The lowest BCUT2D eigenvalue weighted by molar-refractivity contribution is -0.112. The van der Waals surface area contributed by atoms with Crippen molar-refractivity contribution < 1.29 is 41.4 Å². The first kappa shape index (κ1) is 40.1. The molecule has 312 valence electrons. The number of aliphatic imine (C=N–C) groups is 1. The van der Waals surface area contributed by atoms with Crippen LogP contribution in [-0.2, 0) is 14.8 Å². The minimum absolute atomic E-state index is 0.00149. The van der Waals surface area contributed by atoms with Crippen LogP contribution in [0.3, 0.4) is 0 Å². The molecule has 17 nitrogen and oxygen atoms in total. The summed E-state index contributed by atoms with van der Waals surface area (Å²) in [5.74, 6) is -4.15. The predicted molar refractivity (Wildman–Crippen MR) is 218 cm³/mol. The second-order valence-electron chi connectivity index (χ2n) is 14.8. The quantitative estimate of drug-likeness (QED) is 0.156. The number of hydrogen-bond acceptors (Lipinski definition) is 13. The van der Waals surface area contributed by atoms with Crippen molar-refractivity contribution in [2.45, 2.75) is 49.7 Å². The normalized spacial score (nSPS) is 18.9. The van der Waals surface area contributed by atoms with E-state index in [-0.39, 0.29) is 71.5 Å². The Morgan fingerprint density at radius 3 is 2.32 bits per heavy atom. The highest BCUT2D eigenvalue weighted by molar-refractivity contribution is 7.92. The number of para-hydroxylation sites is 1. The molecule has 60 heavy (non-hydrogen) atoms. The number of carboxylic acid groups (broad SMARTS) is 1. The topological polar surface area (TPSA) is 215 Å². The number of anilines is 4. The molecule has 0 spiro atoms. The first-order valence-corrected chi connectivity index (χ1v) is 20.3. The molecule has 2 unspecified atom stereocenters. The Labute approximate surface area is 341 Å². The van der Waals surface area contributed by atoms with E-state index in [2.05, 4.69) is 19.7 Å². The summed E-state index contributed by atoms with van der Waals surface area (Å²) in [5, 5.41) is 9.16. The number of benzene rings is 3. The van der Waals surface area contributed by atoms with Crippen LogP contribution in [0.25, 0.3) is 10.9 Å². The van der Waals surface area contributed by atoms with E-state index in [0.29, 0.717) is 29.8 Å². The molecule has 0 radical (unpaired) electrons. The maximum absolute atomic E-state index is 16.6. The number of nitrogens with two attached hydrogens (primary N) is 1. The number of carboxylic acids is 1. The number of nitrogens with one attached hydrogen (secondary N) is 1. The predicted octanol–water partition coefficient (Wildman–Crippen LogP) is 4.53. The largest absolute Gasteiger partial charge is 0.489 e. The third kappa shape index (κ3) is 6.80. The number of hydrogen-bond donors (Lipinski definition) is 3. The summed E-state index contributed by atoms with van der Waals surface area (Å²) in [6.45, 7) is 4.08. The molecule has 2 aromatic heterocycles. The summed E-state index contributed by atoms with van der Waals surface area (Å²) < 4.78 is 73.4. The average molecular weight is 844 g/mol. The number of piperazine rings is 1. The van der Waals surface area contributed by atoms with Gasteiger partial charge in [0.2, 0.25) is 11.2 Å².